The lowest BCUT2D eigenvalue weighted by atomic mass is 9.88. The summed E-state index contributed by atoms with van der Waals surface area (Å²) in [6.45, 7) is 0. The first kappa shape index (κ1) is 38.7. The first-order valence-corrected chi connectivity index (χ1v) is 23.9. The number of nitrogens with zero attached hydrogens (tertiary/aromatic N) is 2. The van der Waals surface area contributed by atoms with Gasteiger partial charge >= 0.3 is 0 Å². The Morgan fingerprint density at radius 1 is 0.171 bits per heavy atom. The second-order valence-corrected chi connectivity index (χ2v) is 18.4. The predicted molar refractivity (Wildman–Crippen MR) is 295 cm³/mol. The van der Waals surface area contributed by atoms with Crippen LogP contribution in [0.2, 0.25) is 0 Å². The van der Waals surface area contributed by atoms with Crippen LogP contribution in [0.15, 0.2) is 251 Å². The van der Waals surface area contributed by atoms with E-state index in [4.69, 9.17) is 8.83 Å². The lowest BCUT2D eigenvalue weighted by Crippen LogP contribution is -2.09. The topological polar surface area (TPSA) is 32.8 Å². The first-order chi connectivity index (χ1) is 34.7. The molecular formula is C66H40N2O2. The van der Waals surface area contributed by atoms with Crippen LogP contribution in [0.25, 0.3) is 109 Å². The van der Waals surface area contributed by atoms with Crippen LogP contribution in [0.1, 0.15) is 0 Å². The summed E-state index contributed by atoms with van der Waals surface area (Å²) in [5.41, 5.74) is 9.91. The molecule has 0 saturated heterocycles. The number of para-hydroxylation sites is 4. The van der Waals surface area contributed by atoms with Crippen molar-refractivity contribution in [3.63, 3.8) is 0 Å². The molecule has 15 rings (SSSR count). The number of hydrogen-bond donors (Lipinski definition) is 0. The molecule has 0 N–H and O–H groups in total. The number of hydrogen-bond acceptors (Lipinski definition) is 4. The fourth-order valence-corrected chi connectivity index (χ4v) is 11.4. The fraction of sp³-hybridized carbons (Fsp3) is 0. The summed E-state index contributed by atoms with van der Waals surface area (Å²) in [5, 5.41) is 19.2. The smallest absolute Gasteiger partial charge is 0.137 e. The van der Waals surface area contributed by atoms with Gasteiger partial charge in [-0.3, -0.25) is 0 Å². The normalized spacial score (nSPS) is 12.0. The minimum atomic E-state index is 0.869. The van der Waals surface area contributed by atoms with Crippen LogP contribution < -0.4 is 9.80 Å². The molecule has 0 spiro atoms. The van der Waals surface area contributed by atoms with Crippen LogP contribution in [0.3, 0.4) is 0 Å². The van der Waals surface area contributed by atoms with Gasteiger partial charge < -0.3 is 18.6 Å². The molecule has 326 valence electrons. The zero-order valence-electron chi connectivity index (χ0n) is 37.8. The molecule has 0 saturated carbocycles. The van der Waals surface area contributed by atoms with E-state index in [0.717, 1.165) is 78.0 Å². The Kier molecular flexibility index (Phi) is 8.33. The average molecular weight is 893 g/mol. The van der Waals surface area contributed by atoms with Gasteiger partial charge in [0.25, 0.3) is 0 Å². The average Bonchev–Trinajstić information content (AvgIpc) is 3.99. The zero-order valence-corrected chi connectivity index (χ0v) is 37.8. The van der Waals surface area contributed by atoms with Gasteiger partial charge in [0.15, 0.2) is 0 Å². The van der Waals surface area contributed by atoms with Gasteiger partial charge in [0.2, 0.25) is 0 Å². The molecule has 0 aliphatic rings. The highest BCUT2D eigenvalue weighted by Crippen LogP contribution is 2.47. The molecule has 0 aliphatic carbocycles. The van der Waals surface area contributed by atoms with Crippen molar-refractivity contribution in [2.24, 2.45) is 0 Å². The number of furan rings is 2. The molecule has 70 heavy (non-hydrogen) atoms. The summed E-state index contributed by atoms with van der Waals surface area (Å²) in [7, 11) is 0. The van der Waals surface area contributed by atoms with E-state index < -0.39 is 0 Å². The fourth-order valence-electron chi connectivity index (χ4n) is 11.4. The van der Waals surface area contributed by atoms with Gasteiger partial charge in [-0.2, -0.15) is 0 Å². The number of anilines is 6. The van der Waals surface area contributed by atoms with Crippen molar-refractivity contribution in [1.29, 1.82) is 0 Å². The lowest BCUT2D eigenvalue weighted by Gasteiger charge is -2.26. The Morgan fingerprint density at radius 2 is 0.443 bits per heavy atom. The van der Waals surface area contributed by atoms with E-state index >= 15 is 0 Å². The van der Waals surface area contributed by atoms with Crippen molar-refractivity contribution in [2.45, 2.75) is 0 Å². The van der Waals surface area contributed by atoms with Crippen LogP contribution in [-0.4, -0.2) is 0 Å². The minimum absolute atomic E-state index is 0.869. The molecule has 0 atom stereocenters. The highest BCUT2D eigenvalue weighted by Gasteiger charge is 2.21. The van der Waals surface area contributed by atoms with Crippen LogP contribution in [0, 0.1) is 0 Å². The van der Waals surface area contributed by atoms with E-state index in [0.29, 0.717) is 0 Å². The van der Waals surface area contributed by atoms with Gasteiger partial charge in [0.1, 0.15) is 22.3 Å². The number of fused-ring (bicyclic) bond motifs is 18. The Labute approximate surface area is 402 Å². The van der Waals surface area contributed by atoms with Gasteiger partial charge in [-0.1, -0.05) is 133 Å². The highest BCUT2D eigenvalue weighted by atomic mass is 16.3. The number of rotatable bonds is 6. The van der Waals surface area contributed by atoms with E-state index in [2.05, 4.69) is 228 Å². The van der Waals surface area contributed by atoms with E-state index in [9.17, 15) is 0 Å². The first-order valence-electron chi connectivity index (χ1n) is 23.9. The molecule has 4 heteroatoms. The molecule has 13 aromatic carbocycles. The maximum absolute atomic E-state index is 6.43. The molecule has 2 heterocycles. The second kappa shape index (κ2) is 15.1. The van der Waals surface area contributed by atoms with Crippen LogP contribution in [0.4, 0.5) is 34.1 Å². The van der Waals surface area contributed by atoms with E-state index in [-0.39, 0.29) is 0 Å². The summed E-state index contributed by atoms with van der Waals surface area (Å²) < 4.78 is 12.9. The number of benzene rings is 13. The van der Waals surface area contributed by atoms with Crippen molar-refractivity contribution in [3.05, 3.63) is 243 Å². The quantitative estimate of drug-likeness (QED) is 0.123. The minimum Gasteiger partial charge on any atom is -0.456 e. The molecule has 0 bridgehead atoms. The summed E-state index contributed by atoms with van der Waals surface area (Å²) in [5.74, 6) is 0. The van der Waals surface area contributed by atoms with E-state index in [1.54, 1.807) is 0 Å². The predicted octanol–water partition coefficient (Wildman–Crippen LogP) is 19.3. The molecule has 0 unspecified atom stereocenters. The largest absolute Gasteiger partial charge is 0.456 e. The standard InChI is InChI=1S/C66H40N2O2/c1-3-15-41(16-4-1)67(45-29-33-55-53-23-11-13-25-63(53)69-65(55)37-45)43-27-31-51-57(35-43)47-19-7-9-21-49(47)59-40-62-52-32-28-44(36-58(52)48-20-8-10-22-50(48)60(62)39-61(51)59)68(42-17-5-2-6-18-42)46-30-34-56-54-24-12-14-26-64(54)70-66(56)38-46/h1-40H. The van der Waals surface area contributed by atoms with Crippen molar-refractivity contribution in [1.82, 2.24) is 0 Å². The SMILES string of the molecule is c1ccc(N(c2ccc3c(c2)oc2ccccc23)c2ccc3c(c2)c2ccccc2c2cc4c5ccc(N(c6ccccc6)c6ccc7c(c6)oc6ccccc67)cc5c5ccccc5c4cc32)cc1. The van der Waals surface area contributed by atoms with E-state index in [1.807, 2.05) is 24.3 Å². The molecule has 0 amide bonds. The second-order valence-electron chi connectivity index (χ2n) is 18.4. The van der Waals surface area contributed by atoms with Crippen LogP contribution in [0.5, 0.6) is 0 Å². The summed E-state index contributed by atoms with van der Waals surface area (Å²) in [6, 6.07) is 87.7. The summed E-state index contributed by atoms with van der Waals surface area (Å²) in [6.07, 6.45) is 0. The lowest BCUT2D eigenvalue weighted by molar-refractivity contribution is 0.668. The maximum Gasteiger partial charge on any atom is 0.137 e. The van der Waals surface area contributed by atoms with Crippen molar-refractivity contribution in [3.8, 4) is 0 Å². The Hall–Kier alpha value is -9.38. The van der Waals surface area contributed by atoms with Gasteiger partial charge in [-0.25, -0.2) is 0 Å². The molecule has 15 aromatic rings. The third-order valence-corrected chi connectivity index (χ3v) is 14.5. The van der Waals surface area contributed by atoms with Gasteiger partial charge in [0.05, 0.1) is 0 Å². The van der Waals surface area contributed by atoms with Crippen molar-refractivity contribution in [2.75, 3.05) is 9.80 Å². The Morgan fingerprint density at radius 3 is 0.829 bits per heavy atom. The highest BCUT2D eigenvalue weighted by molar-refractivity contribution is 6.33. The molecule has 0 aliphatic heterocycles. The third-order valence-electron chi connectivity index (χ3n) is 14.5. The maximum atomic E-state index is 6.43. The van der Waals surface area contributed by atoms with Gasteiger partial charge in [0, 0.05) is 67.8 Å². The summed E-state index contributed by atoms with van der Waals surface area (Å²) in [4.78, 5) is 4.69. The van der Waals surface area contributed by atoms with E-state index in [1.165, 1.54) is 64.6 Å². The molecule has 2 aromatic heterocycles. The Balaban J connectivity index is 0.933. The molecule has 0 fully saturated rings. The Bertz CT molecular complexity index is 4310. The van der Waals surface area contributed by atoms with Gasteiger partial charge in [-0.05, 0) is 162 Å². The van der Waals surface area contributed by atoms with Crippen LogP contribution >= 0.6 is 0 Å². The molecule has 0 radical (unpaired) electrons. The molecular weight excluding hydrogens is 853 g/mol. The monoisotopic (exact) mass is 892 g/mol. The zero-order chi connectivity index (χ0) is 45.9. The summed E-state index contributed by atoms with van der Waals surface area (Å²) >= 11 is 0. The van der Waals surface area contributed by atoms with Crippen LogP contribution in [-0.2, 0) is 0 Å². The van der Waals surface area contributed by atoms with Gasteiger partial charge in [-0.15, -0.1) is 0 Å². The van der Waals surface area contributed by atoms with Crippen molar-refractivity contribution < 1.29 is 8.83 Å². The van der Waals surface area contributed by atoms with Crippen molar-refractivity contribution >= 4 is 143 Å². The molecule has 4 nitrogen and oxygen atoms in total. The third kappa shape index (κ3) is 5.84.